The van der Waals surface area contributed by atoms with Crippen LogP contribution in [-0.4, -0.2) is 18.5 Å². The molecule has 0 saturated carbocycles. The lowest BCUT2D eigenvalue weighted by Gasteiger charge is -2.17. The first kappa shape index (κ1) is 14.9. The predicted molar refractivity (Wildman–Crippen MR) is 84.0 cm³/mol. The summed E-state index contributed by atoms with van der Waals surface area (Å²) in [4.78, 5) is 12.4. The Kier molecular flexibility index (Phi) is 5.45. The van der Waals surface area contributed by atoms with Crippen molar-refractivity contribution in [2.24, 2.45) is 0 Å². The van der Waals surface area contributed by atoms with Crippen LogP contribution in [-0.2, 0) is 4.79 Å². The van der Waals surface area contributed by atoms with E-state index in [0.29, 0.717) is 6.54 Å². The maximum Gasteiger partial charge on any atom is 0.229 e. The normalized spacial score (nSPS) is 18.2. The number of hydrogen-bond acceptors (Lipinski definition) is 2. The second-order valence-electron chi connectivity index (χ2n) is 5.78. The van der Waals surface area contributed by atoms with Gasteiger partial charge in [-0.3, -0.25) is 4.79 Å². The van der Waals surface area contributed by atoms with Gasteiger partial charge in [-0.25, -0.2) is 0 Å². The number of carbonyl (C=O) groups excluding carboxylic acids is 1. The maximum atomic E-state index is 12.4. The van der Waals surface area contributed by atoms with Gasteiger partial charge >= 0.3 is 0 Å². The van der Waals surface area contributed by atoms with Gasteiger partial charge in [-0.2, -0.15) is 0 Å². The summed E-state index contributed by atoms with van der Waals surface area (Å²) in [7, 11) is 0. The average molecular weight is 274 g/mol. The average Bonchev–Trinajstić information content (AvgIpc) is 2.87. The van der Waals surface area contributed by atoms with Crippen molar-refractivity contribution in [2.75, 3.05) is 11.9 Å². The zero-order valence-corrected chi connectivity index (χ0v) is 12.6. The van der Waals surface area contributed by atoms with Crippen molar-refractivity contribution in [3.8, 4) is 0 Å². The number of hydrogen-bond donors (Lipinski definition) is 2. The highest BCUT2D eigenvalue weighted by Gasteiger charge is 2.28. The van der Waals surface area contributed by atoms with E-state index in [2.05, 4.69) is 24.5 Å². The Labute approximate surface area is 122 Å². The smallest absolute Gasteiger partial charge is 0.229 e. The first-order valence-corrected chi connectivity index (χ1v) is 7.85. The largest absolute Gasteiger partial charge is 0.384 e. The molecule has 3 heteroatoms. The number of para-hydroxylation sites is 1. The lowest BCUT2D eigenvalue weighted by atomic mass is 9.99. The Morgan fingerprint density at radius 1 is 1.35 bits per heavy atom. The molecule has 0 aromatic heterocycles. The summed E-state index contributed by atoms with van der Waals surface area (Å²) in [6.07, 6.45) is 6.10. The van der Waals surface area contributed by atoms with Gasteiger partial charge < -0.3 is 10.6 Å². The van der Waals surface area contributed by atoms with E-state index in [1.807, 2.05) is 24.3 Å². The molecule has 2 atom stereocenters. The van der Waals surface area contributed by atoms with Gasteiger partial charge in [-0.1, -0.05) is 50.8 Å². The number of benzene rings is 1. The number of unbranched alkanes of at least 4 members (excludes halogenated alkanes) is 3. The molecule has 2 N–H and O–H groups in total. The van der Waals surface area contributed by atoms with Crippen molar-refractivity contribution >= 4 is 11.6 Å². The zero-order chi connectivity index (χ0) is 14.4. The quantitative estimate of drug-likeness (QED) is 0.745. The van der Waals surface area contributed by atoms with E-state index in [-0.39, 0.29) is 17.9 Å². The van der Waals surface area contributed by atoms with Gasteiger partial charge in [0.2, 0.25) is 5.91 Å². The van der Waals surface area contributed by atoms with E-state index in [1.165, 1.54) is 25.7 Å². The molecule has 110 valence electrons. The molecule has 1 aliphatic heterocycles. The van der Waals surface area contributed by atoms with Crippen LogP contribution in [0.1, 0.15) is 57.4 Å². The van der Waals surface area contributed by atoms with Crippen molar-refractivity contribution in [3.05, 3.63) is 29.8 Å². The molecule has 0 aliphatic carbocycles. The molecule has 3 nitrogen and oxygen atoms in total. The molecule has 20 heavy (non-hydrogen) atoms. The Bertz CT molecular complexity index is 444. The van der Waals surface area contributed by atoms with Crippen LogP contribution in [0.5, 0.6) is 0 Å². The SMILES string of the molecule is CCCCCCC(C)NC(=O)C1CNc2ccccc21. The summed E-state index contributed by atoms with van der Waals surface area (Å²) in [5.74, 6) is 0.120. The monoisotopic (exact) mass is 274 g/mol. The summed E-state index contributed by atoms with van der Waals surface area (Å²) in [6.45, 7) is 5.04. The van der Waals surface area contributed by atoms with Crippen LogP contribution >= 0.6 is 0 Å². The molecule has 1 aromatic rings. The molecule has 0 radical (unpaired) electrons. The highest BCUT2D eigenvalue weighted by atomic mass is 16.2. The van der Waals surface area contributed by atoms with Gasteiger partial charge in [0.05, 0.1) is 5.92 Å². The van der Waals surface area contributed by atoms with Crippen LogP contribution in [0.3, 0.4) is 0 Å². The Morgan fingerprint density at radius 3 is 2.95 bits per heavy atom. The molecular formula is C17H26N2O. The fourth-order valence-electron chi connectivity index (χ4n) is 2.81. The highest BCUT2D eigenvalue weighted by molar-refractivity contribution is 5.88. The van der Waals surface area contributed by atoms with Crippen molar-refractivity contribution in [3.63, 3.8) is 0 Å². The summed E-state index contributed by atoms with van der Waals surface area (Å²) in [5, 5.41) is 6.46. The first-order valence-electron chi connectivity index (χ1n) is 7.85. The van der Waals surface area contributed by atoms with Crippen LogP contribution in [0.4, 0.5) is 5.69 Å². The second kappa shape index (κ2) is 7.32. The van der Waals surface area contributed by atoms with Gasteiger partial charge in [0, 0.05) is 18.3 Å². The Morgan fingerprint density at radius 2 is 2.15 bits per heavy atom. The van der Waals surface area contributed by atoms with Crippen LogP contribution in [0, 0.1) is 0 Å². The van der Waals surface area contributed by atoms with E-state index in [4.69, 9.17) is 0 Å². The second-order valence-corrected chi connectivity index (χ2v) is 5.78. The molecule has 2 unspecified atom stereocenters. The fourth-order valence-corrected chi connectivity index (χ4v) is 2.81. The van der Waals surface area contributed by atoms with E-state index in [1.54, 1.807) is 0 Å². The number of rotatable bonds is 7. The molecule has 1 aromatic carbocycles. The summed E-state index contributed by atoms with van der Waals surface area (Å²) < 4.78 is 0. The van der Waals surface area contributed by atoms with E-state index >= 15 is 0 Å². The molecule has 1 amide bonds. The van der Waals surface area contributed by atoms with Gasteiger partial charge in [0.15, 0.2) is 0 Å². The number of nitrogens with one attached hydrogen (secondary N) is 2. The fraction of sp³-hybridized carbons (Fsp3) is 0.588. The standard InChI is InChI=1S/C17H26N2O/c1-3-4-5-6-9-13(2)19-17(20)15-12-18-16-11-8-7-10-14(15)16/h7-8,10-11,13,15,18H,3-6,9,12H2,1-2H3,(H,19,20). The van der Waals surface area contributed by atoms with Crippen molar-refractivity contribution < 1.29 is 4.79 Å². The zero-order valence-electron chi connectivity index (χ0n) is 12.6. The highest BCUT2D eigenvalue weighted by Crippen LogP contribution is 2.31. The van der Waals surface area contributed by atoms with Crippen LogP contribution in [0.25, 0.3) is 0 Å². The topological polar surface area (TPSA) is 41.1 Å². The lowest BCUT2D eigenvalue weighted by molar-refractivity contribution is -0.122. The molecule has 0 fully saturated rings. The van der Waals surface area contributed by atoms with Crippen LogP contribution in [0.2, 0.25) is 0 Å². The van der Waals surface area contributed by atoms with Crippen molar-refractivity contribution in [1.82, 2.24) is 5.32 Å². The van der Waals surface area contributed by atoms with Gasteiger partial charge in [-0.15, -0.1) is 0 Å². The summed E-state index contributed by atoms with van der Waals surface area (Å²) >= 11 is 0. The molecule has 0 bridgehead atoms. The lowest BCUT2D eigenvalue weighted by Crippen LogP contribution is -2.36. The van der Waals surface area contributed by atoms with E-state index in [9.17, 15) is 4.79 Å². The Balaban J connectivity index is 1.81. The van der Waals surface area contributed by atoms with E-state index in [0.717, 1.165) is 17.7 Å². The van der Waals surface area contributed by atoms with Crippen LogP contribution < -0.4 is 10.6 Å². The van der Waals surface area contributed by atoms with Crippen molar-refractivity contribution in [2.45, 2.75) is 57.9 Å². The third-order valence-corrected chi connectivity index (χ3v) is 4.03. The first-order chi connectivity index (χ1) is 9.72. The summed E-state index contributed by atoms with van der Waals surface area (Å²) in [5.41, 5.74) is 2.23. The number of anilines is 1. The minimum absolute atomic E-state index is 0.0377. The summed E-state index contributed by atoms with van der Waals surface area (Å²) in [6, 6.07) is 8.36. The molecular weight excluding hydrogens is 248 g/mol. The molecule has 0 spiro atoms. The predicted octanol–water partition coefficient (Wildman–Crippen LogP) is 3.67. The maximum absolute atomic E-state index is 12.4. The number of carbonyl (C=O) groups is 1. The number of fused-ring (bicyclic) bond motifs is 1. The number of amides is 1. The van der Waals surface area contributed by atoms with Gasteiger partial charge in [0.25, 0.3) is 0 Å². The molecule has 1 aliphatic rings. The Hall–Kier alpha value is -1.51. The van der Waals surface area contributed by atoms with Gasteiger partial charge in [0.1, 0.15) is 0 Å². The minimum Gasteiger partial charge on any atom is -0.384 e. The molecule has 1 heterocycles. The minimum atomic E-state index is -0.0377. The van der Waals surface area contributed by atoms with Gasteiger partial charge in [-0.05, 0) is 25.0 Å². The van der Waals surface area contributed by atoms with Crippen molar-refractivity contribution in [1.29, 1.82) is 0 Å². The van der Waals surface area contributed by atoms with Crippen LogP contribution in [0.15, 0.2) is 24.3 Å². The third kappa shape index (κ3) is 3.75. The molecule has 0 saturated heterocycles. The van der Waals surface area contributed by atoms with E-state index < -0.39 is 0 Å². The third-order valence-electron chi connectivity index (χ3n) is 4.03. The molecule has 2 rings (SSSR count).